The van der Waals surface area contributed by atoms with E-state index in [1.807, 2.05) is 0 Å². The molecule has 6 rings (SSSR count). The van der Waals surface area contributed by atoms with Gasteiger partial charge in [0.1, 0.15) is 36.3 Å². The summed E-state index contributed by atoms with van der Waals surface area (Å²) in [4.78, 5) is 54.6. The number of phosphoric acid groups is 1. The quantitative estimate of drug-likeness (QED) is 0.0844. The van der Waals surface area contributed by atoms with E-state index in [0.717, 1.165) is 19.0 Å². The Morgan fingerprint density at radius 2 is 1.69 bits per heavy atom. The second-order valence-corrected chi connectivity index (χ2v) is 12.0. The molecule has 45 heavy (non-hydrogen) atoms. The number of nitrogen functional groups attached to an aromatic ring is 1. The molecule has 2 saturated heterocycles. The van der Waals surface area contributed by atoms with E-state index >= 15 is 0 Å². The average Bonchev–Trinajstić information content (AvgIpc) is 3.75. The minimum absolute atomic E-state index is 0.0134. The van der Waals surface area contributed by atoms with Crippen molar-refractivity contribution in [2.75, 3.05) is 18.9 Å². The second-order valence-electron chi connectivity index (χ2n) is 9.90. The van der Waals surface area contributed by atoms with Crippen LogP contribution < -0.4 is 11.3 Å². The second kappa shape index (κ2) is 12.4. The number of aliphatic hydroxyl groups excluding tert-OH is 3. The van der Waals surface area contributed by atoms with Crippen molar-refractivity contribution in [3.05, 3.63) is 35.7 Å². The summed E-state index contributed by atoms with van der Waals surface area (Å²) in [6, 6.07) is 0. The zero-order valence-corrected chi connectivity index (χ0v) is 24.4. The number of nitrogens with one attached hydrogen (secondary N) is 1. The Bertz CT molecular complexity index is 1820. The highest BCUT2D eigenvalue weighted by molar-refractivity contribution is 7.47. The molecule has 4 aromatic rings. The summed E-state index contributed by atoms with van der Waals surface area (Å²) in [5.41, 5.74) is 5.51. The van der Waals surface area contributed by atoms with Crippen molar-refractivity contribution in [2.24, 2.45) is 0 Å². The zero-order chi connectivity index (χ0) is 32.0. The molecule has 0 saturated carbocycles. The van der Waals surface area contributed by atoms with Gasteiger partial charge in [-0.25, -0.2) is 29.5 Å². The predicted molar refractivity (Wildman–Crippen MR) is 145 cm³/mol. The number of aromatic nitrogens is 8. The maximum absolute atomic E-state index is 13.2. The van der Waals surface area contributed by atoms with E-state index in [-0.39, 0.29) is 34.6 Å². The van der Waals surface area contributed by atoms with Crippen LogP contribution in [0.1, 0.15) is 18.9 Å². The van der Waals surface area contributed by atoms with Crippen LogP contribution in [0.25, 0.3) is 22.3 Å². The third kappa shape index (κ3) is 5.99. The molecule has 0 aromatic carbocycles. The van der Waals surface area contributed by atoms with Gasteiger partial charge in [-0.15, -0.1) is 9.42 Å². The van der Waals surface area contributed by atoms with Gasteiger partial charge >= 0.3 is 16.1 Å². The molecule has 10 atom stereocenters. The van der Waals surface area contributed by atoms with Crippen LogP contribution in [0.4, 0.5) is 5.82 Å². The molecular weight excluding hydrogens is 648 g/mol. The molecule has 24 heteroatoms. The SMILES string of the molecule is Nc1ncnc2c1ncn2[C@@H]1O[C@H](COP(=O)(O)O[C@@H]2[C@H](O)[C@@H](CCO)O[C@H]2n2cnc3c(=O)[nH]cnc32)[C@@H](O[P+](=O)O)[C@H]1O. The molecule has 0 amide bonds. The van der Waals surface area contributed by atoms with Gasteiger partial charge in [0.25, 0.3) is 5.56 Å². The summed E-state index contributed by atoms with van der Waals surface area (Å²) in [6.45, 7) is -1.23. The van der Waals surface area contributed by atoms with Crippen molar-refractivity contribution in [1.29, 1.82) is 0 Å². The fourth-order valence-corrected chi connectivity index (χ4v) is 6.60. The van der Waals surface area contributed by atoms with Crippen LogP contribution in [0.3, 0.4) is 0 Å². The van der Waals surface area contributed by atoms with E-state index in [1.54, 1.807) is 0 Å². The van der Waals surface area contributed by atoms with Crippen molar-refractivity contribution in [3.63, 3.8) is 0 Å². The molecule has 2 unspecified atom stereocenters. The largest absolute Gasteiger partial charge is 0.695 e. The fourth-order valence-electron chi connectivity index (χ4n) is 5.20. The van der Waals surface area contributed by atoms with Crippen molar-refractivity contribution in [2.45, 2.75) is 55.5 Å². The molecule has 2 aliphatic heterocycles. The van der Waals surface area contributed by atoms with Crippen LogP contribution in [-0.4, -0.2) is 114 Å². The highest BCUT2D eigenvalue weighted by Gasteiger charge is 2.53. The van der Waals surface area contributed by atoms with Crippen LogP contribution in [0.2, 0.25) is 0 Å². The Balaban J connectivity index is 1.22. The minimum atomic E-state index is -5.13. The van der Waals surface area contributed by atoms with Crippen LogP contribution in [-0.2, 0) is 32.2 Å². The first kappa shape index (κ1) is 31.6. The lowest BCUT2D eigenvalue weighted by Crippen LogP contribution is -2.36. The average molecular weight is 674 g/mol. The summed E-state index contributed by atoms with van der Waals surface area (Å²) in [6.07, 6.45) is -6.97. The van der Waals surface area contributed by atoms with Crippen molar-refractivity contribution in [1.82, 2.24) is 39.0 Å². The number of hydrogen-bond donors (Lipinski definition) is 7. The van der Waals surface area contributed by atoms with Crippen LogP contribution in [0.5, 0.6) is 0 Å². The van der Waals surface area contributed by atoms with Crippen LogP contribution in [0, 0.1) is 0 Å². The molecular formula is C21H26N9O13P2+. The summed E-state index contributed by atoms with van der Waals surface area (Å²) in [5.74, 6) is 0.0413. The molecule has 6 heterocycles. The number of hydrogen-bond acceptors (Lipinski definition) is 17. The topological polar surface area (TPSA) is 315 Å². The van der Waals surface area contributed by atoms with Crippen LogP contribution in [0.15, 0.2) is 30.1 Å². The first-order chi connectivity index (χ1) is 21.5. The van der Waals surface area contributed by atoms with Crippen molar-refractivity contribution in [3.8, 4) is 0 Å². The number of imidazole rings is 2. The van der Waals surface area contributed by atoms with Crippen molar-refractivity contribution < 1.29 is 57.3 Å². The Kier molecular flexibility index (Phi) is 8.73. The molecule has 8 N–H and O–H groups in total. The maximum atomic E-state index is 13.2. The van der Waals surface area contributed by atoms with Gasteiger partial charge in [-0.2, -0.15) is 0 Å². The summed E-state index contributed by atoms with van der Waals surface area (Å²) in [7, 11) is -8.40. The van der Waals surface area contributed by atoms with Gasteiger partial charge in [0.2, 0.25) is 0 Å². The first-order valence-corrected chi connectivity index (χ1v) is 15.7. The van der Waals surface area contributed by atoms with Crippen molar-refractivity contribution >= 4 is 44.2 Å². The highest BCUT2D eigenvalue weighted by atomic mass is 31.2. The van der Waals surface area contributed by atoms with E-state index in [4.69, 9.17) is 28.8 Å². The van der Waals surface area contributed by atoms with E-state index in [2.05, 4.69) is 29.9 Å². The van der Waals surface area contributed by atoms with E-state index in [9.17, 15) is 39.0 Å². The molecule has 0 bridgehead atoms. The summed E-state index contributed by atoms with van der Waals surface area (Å²) >= 11 is 0. The molecule has 242 valence electrons. The predicted octanol–water partition coefficient (Wildman–Crippen LogP) is -2.02. The number of anilines is 1. The van der Waals surface area contributed by atoms with Gasteiger partial charge in [-0.1, -0.05) is 0 Å². The third-order valence-corrected chi connectivity index (χ3v) is 8.61. The first-order valence-electron chi connectivity index (χ1n) is 13.1. The molecule has 2 fully saturated rings. The number of aliphatic hydroxyl groups is 3. The molecule has 0 spiro atoms. The third-order valence-electron chi connectivity index (χ3n) is 7.21. The van der Waals surface area contributed by atoms with Gasteiger partial charge < -0.3 is 40.4 Å². The number of nitrogens with zero attached hydrogens (tertiary/aromatic N) is 7. The van der Waals surface area contributed by atoms with Gasteiger partial charge in [0, 0.05) is 11.2 Å². The van der Waals surface area contributed by atoms with Gasteiger partial charge in [0.15, 0.2) is 41.2 Å². The Morgan fingerprint density at radius 3 is 2.42 bits per heavy atom. The maximum Gasteiger partial charge on any atom is 0.695 e. The monoisotopic (exact) mass is 674 g/mol. The lowest BCUT2D eigenvalue weighted by Gasteiger charge is -2.24. The Labute approximate surface area is 250 Å². The Hall–Kier alpha value is -3.37. The fraction of sp³-hybridized carbons (Fsp3) is 0.524. The number of phosphoric ester groups is 1. The number of ether oxygens (including phenoxy) is 2. The van der Waals surface area contributed by atoms with Crippen LogP contribution >= 0.6 is 16.1 Å². The van der Waals surface area contributed by atoms with E-state index in [1.165, 1.54) is 15.5 Å². The highest BCUT2D eigenvalue weighted by Crippen LogP contribution is 2.50. The van der Waals surface area contributed by atoms with Gasteiger partial charge in [0.05, 0.1) is 31.7 Å². The number of aromatic amines is 1. The molecule has 0 radical (unpaired) electrons. The molecule has 0 aliphatic carbocycles. The van der Waals surface area contributed by atoms with E-state index in [0.29, 0.717) is 0 Å². The van der Waals surface area contributed by atoms with E-state index < -0.39 is 83.9 Å². The molecule has 2 aliphatic rings. The number of nitrogens with two attached hydrogens (primary N) is 1. The molecule has 22 nitrogen and oxygen atoms in total. The lowest BCUT2D eigenvalue weighted by molar-refractivity contribution is -0.0593. The number of H-pyrrole nitrogens is 1. The molecule has 4 aromatic heterocycles. The van der Waals surface area contributed by atoms with Gasteiger partial charge in [-0.3, -0.25) is 23.0 Å². The summed E-state index contributed by atoms with van der Waals surface area (Å²) in [5, 5.41) is 31.3. The zero-order valence-electron chi connectivity index (χ0n) is 22.7. The van der Waals surface area contributed by atoms with Gasteiger partial charge in [-0.05, 0) is 6.42 Å². The number of fused-ring (bicyclic) bond motifs is 2. The Morgan fingerprint density at radius 1 is 1.00 bits per heavy atom. The number of rotatable bonds is 11. The normalized spacial score (nSPS) is 30.3. The minimum Gasteiger partial charge on any atom is -0.396 e. The smallest absolute Gasteiger partial charge is 0.396 e. The standard InChI is InChI=1S/C21H25N9O13P2/c22-16-10-17(24-4-23-16)29(6-27-10)20-13(33)14(42-44(35)36)9(41-20)3-39-45(37,38)43-15-12(32)8(1-2-31)40-21(15)30-7-28-11-18(30)25-5-26-19(11)34/h4-9,12-15,20-21,31-33H,1-3H2,(H4-,22,23,24,25,26,34,35,36,37,38)/p+1/t8-,9-,12-,13-,14-,15-,20-,21-/m1/s1. The summed E-state index contributed by atoms with van der Waals surface area (Å²) < 4.78 is 54.2. The lowest BCUT2D eigenvalue weighted by atomic mass is 10.1.